The summed E-state index contributed by atoms with van der Waals surface area (Å²) in [5.74, 6) is -0.0743. The maximum absolute atomic E-state index is 13.7. The molecule has 0 aliphatic carbocycles. The van der Waals surface area contributed by atoms with Gasteiger partial charge in [0.1, 0.15) is 5.70 Å². The Morgan fingerprint density at radius 3 is 2.55 bits per heavy atom. The van der Waals surface area contributed by atoms with Crippen LogP contribution in [-0.4, -0.2) is 29.7 Å². The van der Waals surface area contributed by atoms with E-state index >= 15 is 0 Å². The van der Waals surface area contributed by atoms with Crippen LogP contribution in [0.1, 0.15) is 17.2 Å². The fourth-order valence-electron chi connectivity index (χ4n) is 4.05. The molecule has 0 saturated heterocycles. The molecule has 154 valence electrons. The van der Waals surface area contributed by atoms with E-state index in [0.717, 1.165) is 32.6 Å². The standard InChI is InChI=1S/C24H18BrClN4O/c25-17-5-9-19(10-6-17)30-23(16-2-1-11-27-14-16)20-21(15-3-7-18(26)8-4-15)28-12-13-29-22(20)24(30)31/h1-11,14,23,29H,12-13H2. The molecule has 3 aromatic rings. The van der Waals surface area contributed by atoms with Gasteiger partial charge < -0.3 is 5.32 Å². The third kappa shape index (κ3) is 3.66. The summed E-state index contributed by atoms with van der Waals surface area (Å²) >= 11 is 9.60. The van der Waals surface area contributed by atoms with Crippen molar-refractivity contribution in [2.75, 3.05) is 18.0 Å². The molecule has 1 amide bonds. The highest BCUT2D eigenvalue weighted by atomic mass is 79.9. The van der Waals surface area contributed by atoms with Gasteiger partial charge in [0.05, 0.1) is 18.3 Å². The zero-order chi connectivity index (χ0) is 21.4. The summed E-state index contributed by atoms with van der Waals surface area (Å²) in [4.78, 5) is 24.7. The van der Waals surface area contributed by atoms with Crippen molar-refractivity contribution < 1.29 is 4.79 Å². The molecule has 2 aliphatic heterocycles. The monoisotopic (exact) mass is 492 g/mol. The molecule has 5 rings (SSSR count). The molecule has 1 atom stereocenters. The zero-order valence-corrected chi connectivity index (χ0v) is 18.8. The van der Waals surface area contributed by atoms with Crippen LogP contribution in [0.4, 0.5) is 5.69 Å². The lowest BCUT2D eigenvalue weighted by Crippen LogP contribution is -2.33. The predicted octanol–water partition coefficient (Wildman–Crippen LogP) is 4.93. The van der Waals surface area contributed by atoms with Crippen LogP contribution in [-0.2, 0) is 4.79 Å². The first-order valence-electron chi connectivity index (χ1n) is 9.91. The van der Waals surface area contributed by atoms with E-state index in [4.69, 9.17) is 16.6 Å². The average molecular weight is 494 g/mol. The van der Waals surface area contributed by atoms with Crippen molar-refractivity contribution in [3.8, 4) is 0 Å². The molecule has 2 aliphatic rings. The van der Waals surface area contributed by atoms with Crippen LogP contribution in [0, 0.1) is 0 Å². The Bertz CT molecular complexity index is 1190. The zero-order valence-electron chi connectivity index (χ0n) is 16.4. The molecule has 0 bridgehead atoms. The van der Waals surface area contributed by atoms with Crippen molar-refractivity contribution >= 4 is 44.8 Å². The van der Waals surface area contributed by atoms with Gasteiger partial charge in [-0.2, -0.15) is 0 Å². The SMILES string of the molecule is O=C1C2=C(C(c3ccc(Cl)cc3)=NCCN2)C(c2cccnc2)N1c1ccc(Br)cc1. The van der Waals surface area contributed by atoms with Crippen LogP contribution in [0.15, 0.2) is 93.8 Å². The summed E-state index contributed by atoms with van der Waals surface area (Å²) in [6.45, 7) is 1.17. The van der Waals surface area contributed by atoms with Gasteiger partial charge in [-0.3, -0.25) is 19.7 Å². The second-order valence-electron chi connectivity index (χ2n) is 7.29. The summed E-state index contributed by atoms with van der Waals surface area (Å²) < 4.78 is 0.955. The Labute approximate surface area is 193 Å². The van der Waals surface area contributed by atoms with E-state index in [2.05, 4.69) is 26.2 Å². The van der Waals surface area contributed by atoms with Gasteiger partial charge in [-0.1, -0.05) is 45.7 Å². The molecule has 0 radical (unpaired) electrons. The minimum atomic E-state index is -0.350. The molecule has 31 heavy (non-hydrogen) atoms. The van der Waals surface area contributed by atoms with Gasteiger partial charge >= 0.3 is 0 Å². The number of benzene rings is 2. The number of rotatable bonds is 3. The van der Waals surface area contributed by atoms with Crippen LogP contribution in [0.25, 0.3) is 0 Å². The number of anilines is 1. The van der Waals surface area contributed by atoms with Crippen molar-refractivity contribution in [3.05, 3.63) is 105 Å². The van der Waals surface area contributed by atoms with Gasteiger partial charge in [0, 0.05) is 45.3 Å². The molecule has 0 fully saturated rings. The minimum absolute atomic E-state index is 0.0743. The molecule has 1 aromatic heterocycles. The summed E-state index contributed by atoms with van der Waals surface area (Å²) in [6, 6.07) is 18.9. The summed E-state index contributed by atoms with van der Waals surface area (Å²) in [6.07, 6.45) is 3.54. The number of carbonyl (C=O) groups excluding carboxylic acids is 1. The van der Waals surface area contributed by atoms with Gasteiger partial charge in [-0.15, -0.1) is 0 Å². The molecule has 2 aromatic carbocycles. The molecule has 1 unspecified atom stereocenters. The maximum atomic E-state index is 13.7. The van der Waals surface area contributed by atoms with Crippen molar-refractivity contribution in [3.63, 3.8) is 0 Å². The second-order valence-corrected chi connectivity index (χ2v) is 8.65. The molecule has 3 heterocycles. The topological polar surface area (TPSA) is 57.6 Å². The first-order chi connectivity index (χ1) is 15.1. The van der Waals surface area contributed by atoms with Crippen molar-refractivity contribution in [2.45, 2.75) is 6.04 Å². The number of hydrogen-bond donors (Lipinski definition) is 1. The number of aromatic nitrogens is 1. The lowest BCUT2D eigenvalue weighted by molar-refractivity contribution is -0.115. The van der Waals surface area contributed by atoms with Crippen LogP contribution < -0.4 is 10.2 Å². The molecule has 0 saturated carbocycles. The second kappa shape index (κ2) is 8.29. The molecular weight excluding hydrogens is 476 g/mol. The van der Waals surface area contributed by atoms with Gasteiger partial charge in [-0.05, 0) is 48.0 Å². The Balaban J connectivity index is 1.71. The van der Waals surface area contributed by atoms with Crippen molar-refractivity contribution in [2.24, 2.45) is 4.99 Å². The fourth-order valence-corrected chi connectivity index (χ4v) is 4.44. The highest BCUT2D eigenvalue weighted by Gasteiger charge is 2.44. The fraction of sp³-hybridized carbons (Fsp3) is 0.125. The third-order valence-electron chi connectivity index (χ3n) is 5.39. The van der Waals surface area contributed by atoms with Gasteiger partial charge in [-0.25, -0.2) is 0 Å². The van der Waals surface area contributed by atoms with E-state index in [1.807, 2.05) is 71.8 Å². The minimum Gasteiger partial charge on any atom is -0.378 e. The van der Waals surface area contributed by atoms with Crippen molar-refractivity contribution in [1.82, 2.24) is 10.3 Å². The van der Waals surface area contributed by atoms with Crippen molar-refractivity contribution in [1.29, 1.82) is 0 Å². The number of amides is 1. The molecule has 7 heteroatoms. The summed E-state index contributed by atoms with van der Waals surface area (Å²) in [5, 5.41) is 3.99. The first-order valence-corrected chi connectivity index (χ1v) is 11.1. The van der Waals surface area contributed by atoms with Crippen LogP contribution in [0.2, 0.25) is 5.02 Å². The summed E-state index contributed by atoms with van der Waals surface area (Å²) in [5.41, 5.74) is 4.92. The first kappa shape index (κ1) is 20.0. The Morgan fingerprint density at radius 1 is 1.06 bits per heavy atom. The number of carbonyl (C=O) groups is 1. The number of pyridine rings is 1. The summed E-state index contributed by atoms with van der Waals surface area (Å²) in [7, 11) is 0. The molecule has 5 nitrogen and oxygen atoms in total. The highest BCUT2D eigenvalue weighted by Crippen LogP contribution is 2.42. The normalized spacial score (nSPS) is 18.4. The average Bonchev–Trinajstić information content (AvgIpc) is 2.94. The van der Waals surface area contributed by atoms with E-state index in [0.29, 0.717) is 23.8 Å². The highest BCUT2D eigenvalue weighted by molar-refractivity contribution is 9.10. The lowest BCUT2D eigenvalue weighted by Gasteiger charge is -2.28. The molecule has 1 N–H and O–H groups in total. The Hall–Kier alpha value is -2.96. The van der Waals surface area contributed by atoms with Crippen LogP contribution in [0.5, 0.6) is 0 Å². The van der Waals surface area contributed by atoms with Crippen LogP contribution >= 0.6 is 27.5 Å². The van der Waals surface area contributed by atoms with E-state index < -0.39 is 0 Å². The molecule has 0 spiro atoms. The predicted molar refractivity (Wildman–Crippen MR) is 126 cm³/mol. The number of aliphatic imine (C=N–C) groups is 1. The number of hydrogen-bond acceptors (Lipinski definition) is 4. The van der Waals surface area contributed by atoms with Crippen LogP contribution in [0.3, 0.4) is 0 Å². The number of halogens is 2. The number of nitrogens with one attached hydrogen (secondary N) is 1. The third-order valence-corrected chi connectivity index (χ3v) is 6.18. The maximum Gasteiger partial charge on any atom is 0.275 e. The van der Waals surface area contributed by atoms with E-state index in [1.165, 1.54) is 0 Å². The Morgan fingerprint density at radius 2 is 1.84 bits per heavy atom. The van der Waals surface area contributed by atoms with E-state index in [1.54, 1.807) is 6.20 Å². The smallest absolute Gasteiger partial charge is 0.275 e. The molecular formula is C24H18BrClN4O. The van der Waals surface area contributed by atoms with E-state index in [-0.39, 0.29) is 11.9 Å². The lowest BCUT2D eigenvalue weighted by atomic mass is 9.92. The Kier molecular flexibility index (Phi) is 5.34. The van der Waals surface area contributed by atoms with Gasteiger partial charge in [0.15, 0.2) is 0 Å². The number of nitrogens with zero attached hydrogens (tertiary/aromatic N) is 3. The quantitative estimate of drug-likeness (QED) is 0.563. The van der Waals surface area contributed by atoms with E-state index in [9.17, 15) is 4.79 Å². The van der Waals surface area contributed by atoms with Gasteiger partial charge in [0.2, 0.25) is 0 Å². The largest absolute Gasteiger partial charge is 0.378 e. The van der Waals surface area contributed by atoms with Gasteiger partial charge in [0.25, 0.3) is 5.91 Å².